The molecule has 1 aliphatic carbocycles. The minimum Gasteiger partial charge on any atom is -0.0622 e. The van der Waals surface area contributed by atoms with E-state index < -0.39 is 0 Å². The summed E-state index contributed by atoms with van der Waals surface area (Å²) in [6, 6.07) is 22.1. The van der Waals surface area contributed by atoms with Gasteiger partial charge in [0.25, 0.3) is 0 Å². The highest BCUT2D eigenvalue weighted by Crippen LogP contribution is 2.46. The number of hydrogen-bond donors (Lipinski definition) is 0. The smallest absolute Gasteiger partial charge is 0.00976 e. The van der Waals surface area contributed by atoms with Gasteiger partial charge in [0.15, 0.2) is 0 Å². The van der Waals surface area contributed by atoms with Gasteiger partial charge in [0.1, 0.15) is 0 Å². The van der Waals surface area contributed by atoms with Crippen molar-refractivity contribution in [3.8, 4) is 0 Å². The molecule has 3 rings (SSSR count). The second-order valence-corrected chi connectivity index (χ2v) is 7.21. The van der Waals surface area contributed by atoms with Crippen molar-refractivity contribution in [2.75, 3.05) is 0 Å². The first-order valence-electron chi connectivity index (χ1n) is 6.68. The first-order valence-corrected chi connectivity index (χ1v) is 8.09. The lowest BCUT2D eigenvalue weighted by Gasteiger charge is -2.24. The molecule has 1 unspecified atom stereocenters. The Morgan fingerprint density at radius 1 is 0.778 bits per heavy atom. The van der Waals surface area contributed by atoms with Gasteiger partial charge in [-0.15, -0.1) is 0 Å². The van der Waals surface area contributed by atoms with Crippen LogP contribution in [-0.4, -0.2) is 5.66 Å². The molecule has 0 N–H and O–H groups in total. The van der Waals surface area contributed by atoms with Crippen molar-refractivity contribution < 1.29 is 0 Å². The maximum Gasteiger partial charge on any atom is -0.00976 e. The first kappa shape index (κ1) is 11.9. The Morgan fingerprint density at radius 3 is 1.78 bits per heavy atom. The van der Waals surface area contributed by atoms with Gasteiger partial charge in [-0.05, 0) is 43.5 Å². The molecule has 0 nitrogen and oxygen atoms in total. The highest BCUT2D eigenvalue weighted by atomic mass is 31.1. The second kappa shape index (κ2) is 5.67. The van der Waals surface area contributed by atoms with E-state index in [9.17, 15) is 0 Å². The van der Waals surface area contributed by atoms with Crippen LogP contribution in [0.15, 0.2) is 60.7 Å². The molecule has 1 saturated carbocycles. The average Bonchev–Trinajstić information content (AvgIpc) is 2.95. The number of hydrogen-bond acceptors (Lipinski definition) is 0. The first-order chi connectivity index (χ1) is 8.95. The Kier molecular flexibility index (Phi) is 3.76. The van der Waals surface area contributed by atoms with Crippen molar-refractivity contribution >= 4 is 18.5 Å². The summed E-state index contributed by atoms with van der Waals surface area (Å²) in [5, 5.41) is 3.03. The molecule has 0 aliphatic heterocycles. The van der Waals surface area contributed by atoms with E-state index in [0.29, 0.717) is 0 Å². The van der Waals surface area contributed by atoms with Crippen molar-refractivity contribution in [1.29, 1.82) is 0 Å². The van der Waals surface area contributed by atoms with Gasteiger partial charge in [0.05, 0.1) is 0 Å². The monoisotopic (exact) mass is 253 g/mol. The standard InChI is InChI=1S/C17H18P/c1-3-9-15(10-4-1)18(17-13-7-8-14-17)16-11-5-2-6-12-16/h1-6,9-13,17H,7-8,14H2. The third kappa shape index (κ3) is 2.49. The van der Waals surface area contributed by atoms with Crippen LogP contribution < -0.4 is 10.6 Å². The van der Waals surface area contributed by atoms with Crippen molar-refractivity contribution in [3.63, 3.8) is 0 Å². The molecular weight excluding hydrogens is 235 g/mol. The Morgan fingerprint density at radius 2 is 1.33 bits per heavy atom. The van der Waals surface area contributed by atoms with E-state index in [1.54, 1.807) is 0 Å². The lowest BCUT2D eigenvalue weighted by Crippen LogP contribution is -2.19. The van der Waals surface area contributed by atoms with E-state index in [-0.39, 0.29) is 7.92 Å². The van der Waals surface area contributed by atoms with Crippen LogP contribution in [0.4, 0.5) is 0 Å². The molecule has 91 valence electrons. The maximum atomic E-state index is 2.55. The van der Waals surface area contributed by atoms with Crippen LogP contribution in [0.5, 0.6) is 0 Å². The normalized spacial score (nSPS) is 16.3. The van der Waals surface area contributed by atoms with Gasteiger partial charge in [-0.1, -0.05) is 67.1 Å². The maximum absolute atomic E-state index is 2.55. The van der Waals surface area contributed by atoms with E-state index in [0.717, 1.165) is 5.66 Å². The third-order valence-corrected chi connectivity index (χ3v) is 6.38. The molecule has 2 aromatic rings. The molecule has 1 aliphatic rings. The molecular formula is C17H18P. The summed E-state index contributed by atoms with van der Waals surface area (Å²) >= 11 is 0. The van der Waals surface area contributed by atoms with Gasteiger partial charge in [0, 0.05) is 0 Å². The van der Waals surface area contributed by atoms with E-state index in [2.05, 4.69) is 67.1 Å². The Labute approximate surface area is 111 Å². The van der Waals surface area contributed by atoms with Gasteiger partial charge < -0.3 is 0 Å². The summed E-state index contributed by atoms with van der Waals surface area (Å²) < 4.78 is 0. The molecule has 1 atom stereocenters. The third-order valence-electron chi connectivity index (χ3n) is 3.54. The van der Waals surface area contributed by atoms with Crippen LogP contribution >= 0.6 is 7.92 Å². The zero-order valence-electron chi connectivity index (χ0n) is 10.5. The van der Waals surface area contributed by atoms with Crippen molar-refractivity contribution in [2.45, 2.75) is 24.9 Å². The molecule has 0 bridgehead atoms. The lowest BCUT2D eigenvalue weighted by atomic mass is 10.3. The molecule has 1 fully saturated rings. The number of benzene rings is 2. The lowest BCUT2D eigenvalue weighted by molar-refractivity contribution is 0.890. The van der Waals surface area contributed by atoms with E-state index in [4.69, 9.17) is 0 Å². The summed E-state index contributed by atoms with van der Waals surface area (Å²) in [7, 11) is -0.208. The van der Waals surface area contributed by atoms with E-state index in [1.807, 2.05) is 0 Å². The Balaban J connectivity index is 1.98. The Bertz CT molecular complexity index is 432. The quantitative estimate of drug-likeness (QED) is 0.728. The second-order valence-electron chi connectivity index (χ2n) is 4.78. The van der Waals surface area contributed by atoms with Crippen LogP contribution in [0.1, 0.15) is 19.3 Å². The summed E-state index contributed by atoms with van der Waals surface area (Å²) in [5.74, 6) is 0. The Hall–Kier alpha value is -1.13. The van der Waals surface area contributed by atoms with Crippen molar-refractivity contribution in [1.82, 2.24) is 0 Å². The molecule has 1 radical (unpaired) electrons. The predicted octanol–water partition coefficient (Wildman–Crippen LogP) is 3.88. The molecule has 0 saturated heterocycles. The zero-order valence-corrected chi connectivity index (χ0v) is 11.4. The zero-order chi connectivity index (χ0) is 12.2. The van der Waals surface area contributed by atoms with Crippen LogP contribution in [0.3, 0.4) is 0 Å². The molecule has 0 heterocycles. The van der Waals surface area contributed by atoms with Gasteiger partial charge >= 0.3 is 0 Å². The van der Waals surface area contributed by atoms with Gasteiger partial charge in [-0.3, -0.25) is 0 Å². The fourth-order valence-corrected chi connectivity index (χ4v) is 5.55. The molecule has 2 aromatic carbocycles. The fraction of sp³-hybridized carbons (Fsp3) is 0.235. The van der Waals surface area contributed by atoms with Gasteiger partial charge in [-0.2, -0.15) is 0 Å². The highest BCUT2D eigenvalue weighted by molar-refractivity contribution is 7.73. The van der Waals surface area contributed by atoms with Crippen LogP contribution in [0, 0.1) is 6.42 Å². The van der Waals surface area contributed by atoms with E-state index in [1.165, 1.54) is 29.9 Å². The van der Waals surface area contributed by atoms with Crippen molar-refractivity contribution in [3.05, 3.63) is 67.1 Å². The number of rotatable bonds is 3. The summed E-state index contributed by atoms with van der Waals surface area (Å²) in [4.78, 5) is 0. The van der Waals surface area contributed by atoms with Gasteiger partial charge in [0.2, 0.25) is 0 Å². The van der Waals surface area contributed by atoms with Gasteiger partial charge in [-0.25, -0.2) is 0 Å². The fourth-order valence-electron chi connectivity index (χ4n) is 2.70. The predicted molar refractivity (Wildman–Crippen MR) is 81.0 cm³/mol. The van der Waals surface area contributed by atoms with E-state index >= 15 is 0 Å². The molecule has 1 heteroatoms. The summed E-state index contributed by atoms with van der Waals surface area (Å²) in [5.41, 5.74) is 0.768. The minimum atomic E-state index is -0.208. The summed E-state index contributed by atoms with van der Waals surface area (Å²) in [6.45, 7) is 0. The largest absolute Gasteiger partial charge is 0.0622 e. The highest BCUT2D eigenvalue weighted by Gasteiger charge is 2.27. The molecule has 0 aromatic heterocycles. The van der Waals surface area contributed by atoms with Crippen LogP contribution in [0.2, 0.25) is 0 Å². The SMILES string of the molecule is [CH]1CCCC1P(c1ccccc1)c1ccccc1. The van der Waals surface area contributed by atoms with Crippen molar-refractivity contribution in [2.24, 2.45) is 0 Å². The van der Waals surface area contributed by atoms with Crippen LogP contribution in [0.25, 0.3) is 0 Å². The van der Waals surface area contributed by atoms with Crippen LogP contribution in [-0.2, 0) is 0 Å². The molecule has 0 amide bonds. The summed E-state index contributed by atoms with van der Waals surface area (Å²) in [6.07, 6.45) is 6.56. The molecule has 18 heavy (non-hydrogen) atoms. The topological polar surface area (TPSA) is 0 Å². The molecule has 0 spiro atoms. The minimum absolute atomic E-state index is 0.208. The average molecular weight is 253 g/mol.